The van der Waals surface area contributed by atoms with Crippen LogP contribution in [0, 0.1) is 23.7 Å². The lowest BCUT2D eigenvalue weighted by Crippen LogP contribution is -2.37. The van der Waals surface area contributed by atoms with Crippen molar-refractivity contribution in [3.63, 3.8) is 0 Å². The molecule has 0 radical (unpaired) electrons. The summed E-state index contributed by atoms with van der Waals surface area (Å²) in [4.78, 5) is 29.7. The summed E-state index contributed by atoms with van der Waals surface area (Å²) in [7, 11) is 0. The fraction of sp³-hybridized carbons (Fsp3) is 0.680. The summed E-state index contributed by atoms with van der Waals surface area (Å²) < 4.78 is 5.40. The first-order valence-corrected chi connectivity index (χ1v) is 11.9. The van der Waals surface area contributed by atoms with Gasteiger partial charge in [-0.1, -0.05) is 44.2 Å². The van der Waals surface area contributed by atoms with E-state index in [2.05, 4.69) is 41.1 Å². The van der Waals surface area contributed by atoms with Crippen LogP contribution in [0.5, 0.6) is 0 Å². The molecule has 6 nitrogen and oxygen atoms in total. The maximum Gasteiger partial charge on any atom is 0.226 e. The molecule has 170 valence electrons. The fourth-order valence-corrected chi connectivity index (χ4v) is 5.30. The highest BCUT2D eigenvalue weighted by Gasteiger charge is 2.41. The van der Waals surface area contributed by atoms with E-state index >= 15 is 0 Å². The van der Waals surface area contributed by atoms with Crippen LogP contribution in [-0.2, 0) is 14.3 Å². The minimum Gasteiger partial charge on any atom is -0.381 e. The second-order valence-electron chi connectivity index (χ2n) is 10.00. The molecule has 0 bridgehead atoms. The number of likely N-dealkylation sites (tertiary alicyclic amines) is 2. The second kappa shape index (κ2) is 10.1. The summed E-state index contributed by atoms with van der Waals surface area (Å²) in [6, 6.07) is 10.3. The van der Waals surface area contributed by atoms with Crippen LogP contribution in [0.1, 0.15) is 44.7 Å². The van der Waals surface area contributed by atoms with Gasteiger partial charge in [-0.25, -0.2) is 0 Å². The molecule has 0 aliphatic carbocycles. The molecule has 6 heteroatoms. The first-order valence-electron chi connectivity index (χ1n) is 11.9. The van der Waals surface area contributed by atoms with Crippen molar-refractivity contribution >= 4 is 11.8 Å². The molecule has 3 aliphatic heterocycles. The number of ether oxygens (including phenoxy) is 1. The van der Waals surface area contributed by atoms with Gasteiger partial charge >= 0.3 is 0 Å². The first kappa shape index (κ1) is 22.3. The highest BCUT2D eigenvalue weighted by molar-refractivity contribution is 5.79. The topological polar surface area (TPSA) is 61.9 Å². The molecule has 3 aliphatic rings. The molecule has 3 fully saturated rings. The van der Waals surface area contributed by atoms with Gasteiger partial charge in [-0.05, 0) is 36.2 Å². The van der Waals surface area contributed by atoms with Gasteiger partial charge in [0, 0.05) is 45.8 Å². The number of carbonyl (C=O) groups is 2. The predicted octanol–water partition coefficient (Wildman–Crippen LogP) is 2.71. The molecule has 1 aromatic carbocycles. The molecule has 1 N–H and O–H groups in total. The fourth-order valence-electron chi connectivity index (χ4n) is 5.30. The van der Waals surface area contributed by atoms with Crippen LogP contribution in [0.25, 0.3) is 0 Å². The van der Waals surface area contributed by atoms with Crippen LogP contribution < -0.4 is 5.32 Å². The largest absolute Gasteiger partial charge is 0.381 e. The van der Waals surface area contributed by atoms with Crippen molar-refractivity contribution in [1.29, 1.82) is 0 Å². The van der Waals surface area contributed by atoms with E-state index in [-0.39, 0.29) is 17.9 Å². The van der Waals surface area contributed by atoms with Crippen molar-refractivity contribution in [1.82, 2.24) is 15.1 Å². The molecule has 31 heavy (non-hydrogen) atoms. The SMILES string of the molecule is CC(C)CC(=O)N1CC2CN(CCC(NC(=O)C3CCOC3)c3ccccc3)C[C@H]2C1. The number of amides is 2. The van der Waals surface area contributed by atoms with Gasteiger partial charge in [-0.15, -0.1) is 0 Å². The smallest absolute Gasteiger partial charge is 0.226 e. The van der Waals surface area contributed by atoms with Gasteiger partial charge in [0.25, 0.3) is 0 Å². The lowest BCUT2D eigenvalue weighted by molar-refractivity contribution is -0.131. The van der Waals surface area contributed by atoms with Crippen LogP contribution >= 0.6 is 0 Å². The number of hydrogen-bond donors (Lipinski definition) is 1. The highest BCUT2D eigenvalue weighted by Crippen LogP contribution is 2.32. The summed E-state index contributed by atoms with van der Waals surface area (Å²) in [6.07, 6.45) is 2.38. The van der Waals surface area contributed by atoms with E-state index in [0.717, 1.165) is 45.6 Å². The number of hydrogen-bond acceptors (Lipinski definition) is 4. The summed E-state index contributed by atoms with van der Waals surface area (Å²) in [6.45, 7) is 10.3. The lowest BCUT2D eigenvalue weighted by Gasteiger charge is -2.25. The Balaban J connectivity index is 1.29. The Morgan fingerprint density at radius 1 is 1.10 bits per heavy atom. The lowest BCUT2D eigenvalue weighted by atomic mass is 10.0. The number of rotatable bonds is 8. The van der Waals surface area contributed by atoms with E-state index in [9.17, 15) is 9.59 Å². The van der Waals surface area contributed by atoms with Gasteiger partial charge in [0.15, 0.2) is 0 Å². The van der Waals surface area contributed by atoms with E-state index in [1.165, 1.54) is 5.56 Å². The monoisotopic (exact) mass is 427 g/mol. The van der Waals surface area contributed by atoms with Crippen LogP contribution in [-0.4, -0.2) is 67.6 Å². The third-order valence-corrected chi connectivity index (χ3v) is 7.05. The second-order valence-corrected chi connectivity index (χ2v) is 10.00. The predicted molar refractivity (Wildman–Crippen MR) is 120 cm³/mol. The maximum absolute atomic E-state index is 12.7. The maximum atomic E-state index is 12.7. The minimum absolute atomic E-state index is 0.0216. The summed E-state index contributed by atoms with van der Waals surface area (Å²) in [5.74, 6) is 2.02. The number of fused-ring (bicyclic) bond motifs is 1. The molecule has 0 aromatic heterocycles. The molecule has 2 amide bonds. The zero-order valence-electron chi connectivity index (χ0n) is 19.0. The molecule has 4 atom stereocenters. The van der Waals surface area contributed by atoms with Crippen LogP contribution in [0.4, 0.5) is 0 Å². The van der Waals surface area contributed by atoms with Crippen LogP contribution in [0.2, 0.25) is 0 Å². The Bertz CT molecular complexity index is 734. The van der Waals surface area contributed by atoms with Gasteiger partial charge in [-0.3, -0.25) is 9.59 Å². The third kappa shape index (κ3) is 5.66. The van der Waals surface area contributed by atoms with E-state index < -0.39 is 0 Å². The first-order chi connectivity index (χ1) is 15.0. The molecule has 3 heterocycles. The number of carbonyl (C=O) groups excluding carboxylic acids is 2. The Morgan fingerprint density at radius 2 is 1.81 bits per heavy atom. The highest BCUT2D eigenvalue weighted by atomic mass is 16.5. The van der Waals surface area contributed by atoms with Crippen molar-refractivity contribution in [2.24, 2.45) is 23.7 Å². The van der Waals surface area contributed by atoms with Gasteiger partial charge in [0.05, 0.1) is 18.6 Å². The van der Waals surface area contributed by atoms with Crippen LogP contribution in [0.15, 0.2) is 30.3 Å². The van der Waals surface area contributed by atoms with Crippen molar-refractivity contribution in [2.45, 2.75) is 39.2 Å². The van der Waals surface area contributed by atoms with Crippen molar-refractivity contribution in [3.8, 4) is 0 Å². The molecular weight excluding hydrogens is 390 g/mol. The van der Waals surface area contributed by atoms with E-state index in [1.807, 2.05) is 18.2 Å². The molecule has 3 unspecified atom stereocenters. The normalized spacial score (nSPS) is 26.9. The zero-order valence-corrected chi connectivity index (χ0v) is 19.0. The molecule has 1 aromatic rings. The Hall–Kier alpha value is -1.92. The summed E-state index contributed by atoms with van der Waals surface area (Å²) >= 11 is 0. The van der Waals surface area contributed by atoms with Gasteiger partial charge < -0.3 is 19.9 Å². The Kier molecular flexibility index (Phi) is 7.28. The van der Waals surface area contributed by atoms with Gasteiger partial charge in [-0.2, -0.15) is 0 Å². The van der Waals surface area contributed by atoms with Crippen LogP contribution in [0.3, 0.4) is 0 Å². The zero-order chi connectivity index (χ0) is 21.8. The van der Waals surface area contributed by atoms with Gasteiger partial charge in [0.2, 0.25) is 11.8 Å². The number of nitrogens with zero attached hydrogens (tertiary/aromatic N) is 2. The summed E-state index contributed by atoms with van der Waals surface area (Å²) in [5.41, 5.74) is 1.17. The molecular formula is C25H37N3O3. The van der Waals surface area contributed by atoms with E-state index in [1.54, 1.807) is 0 Å². The molecule has 0 spiro atoms. The molecule has 4 rings (SSSR count). The number of nitrogens with one attached hydrogen (secondary N) is 1. The standard InChI is InChI=1S/C25H37N3O3/c1-18(2)12-24(29)28-15-21-13-27(14-22(21)16-28)10-8-23(19-6-4-3-5-7-19)26-25(30)20-9-11-31-17-20/h3-7,18,20-23H,8-17H2,1-2H3,(H,26,30)/t20?,21-,22?,23?/m0/s1. The third-order valence-electron chi connectivity index (χ3n) is 7.05. The van der Waals surface area contributed by atoms with E-state index in [0.29, 0.717) is 43.3 Å². The Labute approximate surface area is 186 Å². The average molecular weight is 428 g/mol. The van der Waals surface area contributed by atoms with Gasteiger partial charge in [0.1, 0.15) is 0 Å². The molecule has 3 saturated heterocycles. The van der Waals surface area contributed by atoms with E-state index in [4.69, 9.17) is 4.74 Å². The van der Waals surface area contributed by atoms with Crippen molar-refractivity contribution < 1.29 is 14.3 Å². The number of benzene rings is 1. The summed E-state index contributed by atoms with van der Waals surface area (Å²) in [5, 5.41) is 3.29. The molecule has 0 saturated carbocycles. The van der Waals surface area contributed by atoms with Crippen molar-refractivity contribution in [2.75, 3.05) is 45.9 Å². The minimum atomic E-state index is -0.0216. The Morgan fingerprint density at radius 3 is 2.42 bits per heavy atom. The average Bonchev–Trinajstić information content (AvgIpc) is 3.47. The quantitative estimate of drug-likeness (QED) is 0.693. The van der Waals surface area contributed by atoms with Crippen molar-refractivity contribution in [3.05, 3.63) is 35.9 Å².